The predicted molar refractivity (Wildman–Crippen MR) is 104 cm³/mol. The first kappa shape index (κ1) is 18.8. The molecule has 1 saturated heterocycles. The molecule has 6 nitrogen and oxygen atoms in total. The van der Waals surface area contributed by atoms with Gasteiger partial charge in [-0.05, 0) is 18.2 Å². The molecule has 0 N–H and O–H groups in total. The van der Waals surface area contributed by atoms with Crippen LogP contribution < -0.4 is 5.56 Å². The molecular formula is C17H22BrN3O3S. The lowest BCUT2D eigenvalue weighted by molar-refractivity contribution is 0.0410. The van der Waals surface area contributed by atoms with Crippen LogP contribution in [-0.4, -0.2) is 66.8 Å². The minimum atomic E-state index is -0.0165. The second-order valence-electron chi connectivity index (χ2n) is 5.81. The predicted octanol–water partition coefficient (Wildman–Crippen LogP) is 2.23. The molecule has 0 aliphatic carbocycles. The van der Waals surface area contributed by atoms with Crippen molar-refractivity contribution < 1.29 is 9.47 Å². The van der Waals surface area contributed by atoms with E-state index in [4.69, 9.17) is 14.5 Å². The van der Waals surface area contributed by atoms with Crippen molar-refractivity contribution in [1.82, 2.24) is 14.5 Å². The van der Waals surface area contributed by atoms with Gasteiger partial charge in [-0.3, -0.25) is 14.3 Å². The molecule has 1 aromatic heterocycles. The van der Waals surface area contributed by atoms with Crippen LogP contribution in [-0.2, 0) is 16.0 Å². The van der Waals surface area contributed by atoms with Crippen LogP contribution in [0.1, 0.15) is 0 Å². The van der Waals surface area contributed by atoms with E-state index in [-0.39, 0.29) is 5.56 Å². The third-order valence-electron chi connectivity index (χ3n) is 4.14. The minimum absolute atomic E-state index is 0.0165. The molecule has 0 atom stereocenters. The number of thioether (sulfide) groups is 1. The summed E-state index contributed by atoms with van der Waals surface area (Å²) in [4.78, 5) is 20.0. The summed E-state index contributed by atoms with van der Waals surface area (Å²) >= 11 is 5.05. The molecule has 1 aliphatic rings. The number of rotatable bonds is 7. The van der Waals surface area contributed by atoms with Gasteiger partial charge in [-0.2, -0.15) is 0 Å². The average molecular weight is 428 g/mol. The van der Waals surface area contributed by atoms with Crippen molar-refractivity contribution in [3.8, 4) is 0 Å². The van der Waals surface area contributed by atoms with Crippen LogP contribution in [0.5, 0.6) is 0 Å². The Morgan fingerprint density at radius 1 is 1.32 bits per heavy atom. The number of benzene rings is 1. The number of halogens is 1. The summed E-state index contributed by atoms with van der Waals surface area (Å²) in [5.74, 6) is 0.890. The fraction of sp³-hybridized carbons (Fsp3) is 0.529. The molecule has 8 heteroatoms. The number of ether oxygens (including phenoxy) is 2. The Labute approximate surface area is 159 Å². The zero-order chi connectivity index (χ0) is 17.6. The second-order valence-corrected chi connectivity index (χ2v) is 7.79. The summed E-state index contributed by atoms with van der Waals surface area (Å²) in [6, 6.07) is 5.63. The minimum Gasteiger partial charge on any atom is -0.383 e. The van der Waals surface area contributed by atoms with Gasteiger partial charge < -0.3 is 9.47 Å². The fourth-order valence-electron chi connectivity index (χ4n) is 2.75. The van der Waals surface area contributed by atoms with Crippen LogP contribution in [0.4, 0.5) is 0 Å². The molecule has 25 heavy (non-hydrogen) atoms. The molecule has 0 unspecified atom stereocenters. The molecule has 1 aliphatic heterocycles. The number of aromatic nitrogens is 2. The molecule has 0 saturated carbocycles. The van der Waals surface area contributed by atoms with E-state index < -0.39 is 0 Å². The lowest BCUT2D eigenvalue weighted by atomic mass is 10.2. The number of hydrogen-bond acceptors (Lipinski definition) is 6. The van der Waals surface area contributed by atoms with E-state index in [1.54, 1.807) is 23.4 Å². The monoisotopic (exact) mass is 427 g/mol. The van der Waals surface area contributed by atoms with Gasteiger partial charge in [0.1, 0.15) is 0 Å². The molecule has 0 bridgehead atoms. The number of methoxy groups -OCH3 is 1. The average Bonchev–Trinajstić information content (AvgIpc) is 2.63. The van der Waals surface area contributed by atoms with E-state index in [1.807, 2.05) is 18.2 Å². The summed E-state index contributed by atoms with van der Waals surface area (Å²) in [6.45, 7) is 5.49. The molecule has 1 fully saturated rings. The van der Waals surface area contributed by atoms with Crippen molar-refractivity contribution >= 4 is 38.6 Å². The van der Waals surface area contributed by atoms with Crippen LogP contribution in [0.3, 0.4) is 0 Å². The molecule has 0 amide bonds. The molecule has 2 aromatic rings. The Hall–Kier alpha value is -0.930. The zero-order valence-electron chi connectivity index (χ0n) is 14.2. The molecule has 136 valence electrons. The standard InChI is InChI=1S/C17H22BrN3O3S/c1-23-8-6-21-16(22)14-12-13(18)2-3-15(14)19-17(21)25-11-7-20-4-9-24-10-5-20/h2-3,12H,4-11H2,1H3. The normalized spacial score (nSPS) is 15.8. The molecular weight excluding hydrogens is 406 g/mol. The summed E-state index contributed by atoms with van der Waals surface area (Å²) in [7, 11) is 1.64. The van der Waals surface area contributed by atoms with Gasteiger partial charge >= 0.3 is 0 Å². The summed E-state index contributed by atoms with van der Waals surface area (Å²) in [5.41, 5.74) is 0.716. The quantitative estimate of drug-likeness (QED) is 0.498. The Morgan fingerprint density at radius 2 is 2.12 bits per heavy atom. The number of fused-ring (bicyclic) bond motifs is 1. The van der Waals surface area contributed by atoms with E-state index in [1.165, 1.54) is 0 Å². The Bertz CT molecular complexity index is 778. The van der Waals surface area contributed by atoms with Gasteiger partial charge in [0, 0.05) is 37.0 Å². The maximum absolute atomic E-state index is 12.9. The van der Waals surface area contributed by atoms with E-state index >= 15 is 0 Å². The molecule has 2 heterocycles. The Morgan fingerprint density at radius 3 is 2.88 bits per heavy atom. The van der Waals surface area contributed by atoms with Crippen LogP contribution in [0.25, 0.3) is 10.9 Å². The SMILES string of the molecule is COCCn1c(SCCN2CCOCC2)nc2ccc(Br)cc2c1=O. The first-order valence-electron chi connectivity index (χ1n) is 8.31. The van der Waals surface area contributed by atoms with Crippen LogP contribution in [0.15, 0.2) is 32.6 Å². The second kappa shape index (κ2) is 9.14. The summed E-state index contributed by atoms with van der Waals surface area (Å²) in [5, 5.41) is 1.38. The summed E-state index contributed by atoms with van der Waals surface area (Å²) in [6.07, 6.45) is 0. The zero-order valence-corrected chi connectivity index (χ0v) is 16.6. The van der Waals surface area contributed by atoms with E-state index in [0.717, 1.165) is 53.7 Å². The largest absolute Gasteiger partial charge is 0.383 e. The molecule has 1 aromatic carbocycles. The Balaban J connectivity index is 1.81. The fourth-order valence-corrected chi connectivity index (χ4v) is 4.14. The van der Waals surface area contributed by atoms with Gasteiger partial charge in [-0.15, -0.1) is 0 Å². The summed E-state index contributed by atoms with van der Waals surface area (Å²) < 4.78 is 13.1. The highest BCUT2D eigenvalue weighted by Crippen LogP contribution is 2.20. The van der Waals surface area contributed by atoms with Gasteiger partial charge in [0.2, 0.25) is 0 Å². The third kappa shape index (κ3) is 4.83. The highest BCUT2D eigenvalue weighted by molar-refractivity contribution is 9.10. The molecule has 0 radical (unpaired) electrons. The van der Waals surface area contributed by atoms with E-state index in [9.17, 15) is 4.79 Å². The van der Waals surface area contributed by atoms with Gasteiger partial charge in [-0.25, -0.2) is 4.98 Å². The van der Waals surface area contributed by atoms with E-state index in [2.05, 4.69) is 20.8 Å². The van der Waals surface area contributed by atoms with Gasteiger partial charge in [0.25, 0.3) is 5.56 Å². The van der Waals surface area contributed by atoms with Crippen molar-refractivity contribution in [3.05, 3.63) is 33.0 Å². The van der Waals surface area contributed by atoms with Crippen molar-refractivity contribution in [2.45, 2.75) is 11.7 Å². The highest BCUT2D eigenvalue weighted by atomic mass is 79.9. The van der Waals surface area contributed by atoms with Crippen LogP contribution >= 0.6 is 27.7 Å². The maximum atomic E-state index is 12.9. The molecule has 3 rings (SSSR count). The Kier molecular flexibility index (Phi) is 6.89. The lowest BCUT2D eigenvalue weighted by Gasteiger charge is -2.26. The number of nitrogens with zero attached hydrogens (tertiary/aromatic N) is 3. The number of morpholine rings is 1. The lowest BCUT2D eigenvalue weighted by Crippen LogP contribution is -2.37. The van der Waals surface area contributed by atoms with Crippen molar-refractivity contribution in [2.24, 2.45) is 0 Å². The van der Waals surface area contributed by atoms with Crippen LogP contribution in [0.2, 0.25) is 0 Å². The third-order valence-corrected chi connectivity index (χ3v) is 5.59. The van der Waals surface area contributed by atoms with Crippen molar-refractivity contribution in [3.63, 3.8) is 0 Å². The van der Waals surface area contributed by atoms with Crippen LogP contribution in [0, 0.1) is 0 Å². The first-order valence-corrected chi connectivity index (χ1v) is 10.1. The number of hydrogen-bond donors (Lipinski definition) is 0. The van der Waals surface area contributed by atoms with Crippen molar-refractivity contribution in [1.29, 1.82) is 0 Å². The molecule has 0 spiro atoms. The first-order chi connectivity index (χ1) is 12.2. The topological polar surface area (TPSA) is 56.6 Å². The maximum Gasteiger partial charge on any atom is 0.262 e. The van der Waals surface area contributed by atoms with Crippen molar-refractivity contribution in [2.75, 3.05) is 52.3 Å². The smallest absolute Gasteiger partial charge is 0.262 e. The highest BCUT2D eigenvalue weighted by Gasteiger charge is 2.14. The van der Waals surface area contributed by atoms with Gasteiger partial charge in [-0.1, -0.05) is 27.7 Å². The van der Waals surface area contributed by atoms with Gasteiger partial charge in [0.05, 0.1) is 37.3 Å². The van der Waals surface area contributed by atoms with E-state index in [0.29, 0.717) is 18.5 Å². The van der Waals surface area contributed by atoms with Gasteiger partial charge in [0.15, 0.2) is 5.16 Å².